The number of hydrogen-bond acceptors (Lipinski definition) is 4. The lowest BCUT2D eigenvalue weighted by molar-refractivity contribution is -0.147. The van der Waals surface area contributed by atoms with Crippen molar-refractivity contribution in [1.29, 1.82) is 0 Å². The largest absolute Gasteiger partial charge is 0.374 e. The Labute approximate surface area is 152 Å². The predicted octanol–water partition coefficient (Wildman–Crippen LogP) is 0.457. The van der Waals surface area contributed by atoms with Crippen LogP contribution in [0, 0.1) is 5.82 Å². The van der Waals surface area contributed by atoms with Gasteiger partial charge in [0.15, 0.2) is 0 Å². The molecule has 0 bridgehead atoms. The number of piperazine rings is 1. The summed E-state index contributed by atoms with van der Waals surface area (Å²) in [5, 5.41) is 2.55. The van der Waals surface area contributed by atoms with Gasteiger partial charge in [0.25, 0.3) is 0 Å². The standard InChI is InChI=1S/C18H25FN4O3/c1-13(24)23-11-10-22(12-16(23)18(26)20-2)17(25)8-9-21(3)15-6-4-14(19)5-7-15/h4-7,16H,8-12H2,1-3H3,(H,20,26)/t16-/m0/s1. The number of rotatable bonds is 5. The third-order valence-corrected chi connectivity index (χ3v) is 4.62. The number of nitrogens with one attached hydrogen (secondary N) is 1. The Morgan fingerprint density at radius 3 is 2.46 bits per heavy atom. The molecule has 1 aromatic rings. The van der Waals surface area contributed by atoms with E-state index in [2.05, 4.69) is 5.32 Å². The summed E-state index contributed by atoms with van der Waals surface area (Å²) in [4.78, 5) is 41.3. The number of hydrogen-bond donors (Lipinski definition) is 1. The van der Waals surface area contributed by atoms with Gasteiger partial charge in [-0.1, -0.05) is 0 Å². The monoisotopic (exact) mass is 364 g/mol. The van der Waals surface area contributed by atoms with E-state index >= 15 is 0 Å². The Morgan fingerprint density at radius 2 is 1.88 bits per heavy atom. The lowest BCUT2D eigenvalue weighted by atomic mass is 10.1. The van der Waals surface area contributed by atoms with Crippen molar-refractivity contribution >= 4 is 23.4 Å². The van der Waals surface area contributed by atoms with Gasteiger partial charge in [-0.25, -0.2) is 4.39 Å². The molecule has 3 amide bonds. The topological polar surface area (TPSA) is 73.0 Å². The zero-order valence-corrected chi connectivity index (χ0v) is 15.4. The molecule has 0 radical (unpaired) electrons. The zero-order valence-electron chi connectivity index (χ0n) is 15.4. The van der Waals surface area contributed by atoms with Crippen LogP contribution >= 0.6 is 0 Å². The first-order chi connectivity index (χ1) is 12.3. The number of benzene rings is 1. The van der Waals surface area contributed by atoms with Crippen LogP contribution in [0.25, 0.3) is 0 Å². The second kappa shape index (κ2) is 8.64. The van der Waals surface area contributed by atoms with Crippen molar-refractivity contribution in [3.05, 3.63) is 30.1 Å². The number of amides is 3. The van der Waals surface area contributed by atoms with E-state index in [0.29, 0.717) is 19.6 Å². The average molecular weight is 364 g/mol. The zero-order chi connectivity index (χ0) is 19.3. The third kappa shape index (κ3) is 4.71. The van der Waals surface area contributed by atoms with E-state index in [0.717, 1.165) is 5.69 Å². The number of likely N-dealkylation sites (N-methyl/N-ethyl adjacent to an activating group) is 1. The summed E-state index contributed by atoms with van der Waals surface area (Å²) in [5.41, 5.74) is 0.823. The molecule has 8 heteroatoms. The molecule has 1 fully saturated rings. The van der Waals surface area contributed by atoms with Gasteiger partial charge < -0.3 is 20.0 Å². The van der Waals surface area contributed by atoms with E-state index in [9.17, 15) is 18.8 Å². The summed E-state index contributed by atoms with van der Waals surface area (Å²) in [6.07, 6.45) is 0.272. The van der Waals surface area contributed by atoms with E-state index in [4.69, 9.17) is 0 Å². The molecular weight excluding hydrogens is 339 g/mol. The summed E-state index contributed by atoms with van der Waals surface area (Å²) < 4.78 is 13.0. The molecule has 1 N–H and O–H groups in total. The van der Waals surface area contributed by atoms with Crippen molar-refractivity contribution < 1.29 is 18.8 Å². The van der Waals surface area contributed by atoms with Crippen LogP contribution in [-0.4, -0.2) is 73.8 Å². The minimum absolute atomic E-state index is 0.0731. The van der Waals surface area contributed by atoms with E-state index < -0.39 is 6.04 Å². The average Bonchev–Trinajstić information content (AvgIpc) is 2.65. The van der Waals surface area contributed by atoms with Gasteiger partial charge >= 0.3 is 0 Å². The molecule has 1 aliphatic heterocycles. The maximum atomic E-state index is 13.0. The molecule has 26 heavy (non-hydrogen) atoms. The number of anilines is 1. The molecular formula is C18H25FN4O3. The molecule has 0 unspecified atom stereocenters. The summed E-state index contributed by atoms with van der Waals surface area (Å²) in [6, 6.07) is 5.41. The maximum absolute atomic E-state index is 13.0. The second-order valence-corrected chi connectivity index (χ2v) is 6.33. The van der Waals surface area contributed by atoms with E-state index in [1.54, 1.807) is 17.0 Å². The normalized spacial score (nSPS) is 17.0. The first-order valence-corrected chi connectivity index (χ1v) is 8.56. The molecule has 0 aromatic heterocycles. The van der Waals surface area contributed by atoms with Crippen LogP contribution in [0.4, 0.5) is 10.1 Å². The van der Waals surface area contributed by atoms with Crippen LogP contribution < -0.4 is 10.2 Å². The fraction of sp³-hybridized carbons (Fsp3) is 0.500. The Bertz CT molecular complexity index is 665. The highest BCUT2D eigenvalue weighted by molar-refractivity contribution is 5.88. The Hall–Kier alpha value is -2.64. The minimum Gasteiger partial charge on any atom is -0.374 e. The van der Waals surface area contributed by atoms with Crippen molar-refractivity contribution in [1.82, 2.24) is 15.1 Å². The first kappa shape index (κ1) is 19.7. The highest BCUT2D eigenvalue weighted by atomic mass is 19.1. The van der Waals surface area contributed by atoms with Crippen LogP contribution in [-0.2, 0) is 14.4 Å². The van der Waals surface area contributed by atoms with Gasteiger partial charge in [0.05, 0.1) is 6.54 Å². The summed E-state index contributed by atoms with van der Waals surface area (Å²) >= 11 is 0. The maximum Gasteiger partial charge on any atom is 0.244 e. The number of carbonyl (C=O) groups is 3. The molecule has 0 saturated carbocycles. The highest BCUT2D eigenvalue weighted by Crippen LogP contribution is 2.15. The molecule has 7 nitrogen and oxygen atoms in total. The Balaban J connectivity index is 1.93. The SMILES string of the molecule is CNC(=O)[C@@H]1CN(C(=O)CCN(C)c2ccc(F)cc2)CCN1C(C)=O. The van der Waals surface area contributed by atoms with Gasteiger partial charge in [-0.15, -0.1) is 0 Å². The van der Waals surface area contributed by atoms with Crippen LogP contribution in [0.2, 0.25) is 0 Å². The predicted molar refractivity (Wildman–Crippen MR) is 96.1 cm³/mol. The van der Waals surface area contributed by atoms with Gasteiger partial charge in [-0.05, 0) is 24.3 Å². The van der Waals surface area contributed by atoms with Gasteiger partial charge in [0.1, 0.15) is 11.9 Å². The highest BCUT2D eigenvalue weighted by Gasteiger charge is 2.35. The van der Waals surface area contributed by atoms with Crippen LogP contribution in [0.5, 0.6) is 0 Å². The molecule has 1 heterocycles. The molecule has 1 aromatic carbocycles. The van der Waals surface area contributed by atoms with Gasteiger partial charge in [0.2, 0.25) is 17.7 Å². The molecule has 0 spiro atoms. The fourth-order valence-electron chi connectivity index (χ4n) is 3.02. The summed E-state index contributed by atoms with van der Waals surface area (Å²) in [7, 11) is 3.35. The molecule has 2 rings (SSSR count). The van der Waals surface area contributed by atoms with E-state index in [1.807, 2.05) is 11.9 Å². The quantitative estimate of drug-likeness (QED) is 0.824. The minimum atomic E-state index is -0.662. The van der Waals surface area contributed by atoms with Gasteiger partial charge in [-0.3, -0.25) is 14.4 Å². The van der Waals surface area contributed by atoms with Crippen molar-refractivity contribution in [3.8, 4) is 0 Å². The summed E-state index contributed by atoms with van der Waals surface area (Å²) in [5.74, 6) is -0.833. The van der Waals surface area contributed by atoms with Crippen molar-refractivity contribution in [2.45, 2.75) is 19.4 Å². The van der Waals surface area contributed by atoms with Crippen molar-refractivity contribution in [2.24, 2.45) is 0 Å². The van der Waals surface area contributed by atoms with Crippen molar-refractivity contribution in [3.63, 3.8) is 0 Å². The van der Waals surface area contributed by atoms with E-state index in [-0.39, 0.29) is 36.5 Å². The van der Waals surface area contributed by atoms with Crippen LogP contribution in [0.3, 0.4) is 0 Å². The number of nitrogens with zero attached hydrogens (tertiary/aromatic N) is 3. The van der Waals surface area contributed by atoms with Crippen LogP contribution in [0.15, 0.2) is 24.3 Å². The third-order valence-electron chi connectivity index (χ3n) is 4.62. The lowest BCUT2D eigenvalue weighted by Gasteiger charge is -2.40. The lowest BCUT2D eigenvalue weighted by Crippen LogP contribution is -2.61. The fourth-order valence-corrected chi connectivity index (χ4v) is 3.02. The van der Waals surface area contributed by atoms with Gasteiger partial charge in [-0.2, -0.15) is 0 Å². The van der Waals surface area contributed by atoms with Crippen molar-refractivity contribution in [2.75, 3.05) is 45.2 Å². The second-order valence-electron chi connectivity index (χ2n) is 6.33. The number of carbonyl (C=O) groups excluding carboxylic acids is 3. The first-order valence-electron chi connectivity index (χ1n) is 8.56. The Morgan fingerprint density at radius 1 is 1.23 bits per heavy atom. The molecule has 0 aliphatic carbocycles. The molecule has 1 saturated heterocycles. The van der Waals surface area contributed by atoms with E-state index in [1.165, 1.54) is 31.0 Å². The number of halogens is 1. The van der Waals surface area contributed by atoms with Crippen LogP contribution in [0.1, 0.15) is 13.3 Å². The smallest absolute Gasteiger partial charge is 0.244 e. The summed E-state index contributed by atoms with van der Waals surface area (Å²) in [6.45, 7) is 2.84. The van der Waals surface area contributed by atoms with Gasteiger partial charge in [0, 0.05) is 52.8 Å². The molecule has 1 aliphatic rings. The molecule has 142 valence electrons. The Kier molecular flexibility index (Phi) is 6.54. The molecule has 1 atom stereocenters.